The number of hydrogen-bond donors (Lipinski definition) is 1. The van der Waals surface area contributed by atoms with E-state index in [9.17, 15) is 4.79 Å². The number of amides is 1. The van der Waals surface area contributed by atoms with Crippen LogP contribution >= 0.6 is 0 Å². The lowest BCUT2D eigenvalue weighted by Crippen LogP contribution is -2.47. The topological polar surface area (TPSA) is 35.6 Å². The van der Waals surface area contributed by atoms with Crippen molar-refractivity contribution in [2.24, 2.45) is 0 Å². The highest BCUT2D eigenvalue weighted by Crippen LogP contribution is 2.26. The Kier molecular flexibility index (Phi) is 5.01. The van der Waals surface area contributed by atoms with Crippen molar-refractivity contribution in [2.75, 3.05) is 33.7 Å². The van der Waals surface area contributed by atoms with Gasteiger partial charge in [0.2, 0.25) is 5.91 Å². The standard InChI is InChI=1S/C14H27N3O/c1-15-9-8-13-5-3-4-10-17(13)11-14(18)16(2)12-6-7-12/h12-13,15H,3-11H2,1-2H3. The van der Waals surface area contributed by atoms with E-state index >= 15 is 0 Å². The number of nitrogens with zero attached hydrogens (tertiary/aromatic N) is 2. The van der Waals surface area contributed by atoms with Crippen LogP contribution in [0.1, 0.15) is 38.5 Å². The Hall–Kier alpha value is -0.610. The van der Waals surface area contributed by atoms with Gasteiger partial charge in [0.15, 0.2) is 0 Å². The SMILES string of the molecule is CNCCC1CCCCN1CC(=O)N(C)C1CC1. The van der Waals surface area contributed by atoms with Crippen LogP contribution < -0.4 is 5.32 Å². The van der Waals surface area contributed by atoms with Gasteiger partial charge in [-0.25, -0.2) is 0 Å². The molecule has 104 valence electrons. The van der Waals surface area contributed by atoms with Crippen molar-refractivity contribution in [1.82, 2.24) is 15.1 Å². The fourth-order valence-electron chi connectivity index (χ4n) is 2.86. The van der Waals surface area contributed by atoms with Crippen molar-refractivity contribution < 1.29 is 4.79 Å². The Bertz CT molecular complexity index is 278. The van der Waals surface area contributed by atoms with Crippen molar-refractivity contribution in [3.8, 4) is 0 Å². The summed E-state index contributed by atoms with van der Waals surface area (Å²) in [6.07, 6.45) is 7.38. The summed E-state index contributed by atoms with van der Waals surface area (Å²) in [6, 6.07) is 1.14. The lowest BCUT2D eigenvalue weighted by atomic mass is 9.99. The first kappa shape index (κ1) is 13.8. The lowest BCUT2D eigenvalue weighted by Gasteiger charge is -2.36. The van der Waals surface area contributed by atoms with Gasteiger partial charge >= 0.3 is 0 Å². The van der Waals surface area contributed by atoms with Crippen LogP contribution in [0.5, 0.6) is 0 Å². The van der Waals surface area contributed by atoms with Crippen molar-refractivity contribution in [2.45, 2.75) is 50.6 Å². The first-order valence-corrected chi connectivity index (χ1v) is 7.36. The van der Waals surface area contributed by atoms with E-state index in [-0.39, 0.29) is 0 Å². The molecule has 1 saturated heterocycles. The van der Waals surface area contributed by atoms with Gasteiger partial charge in [-0.3, -0.25) is 9.69 Å². The smallest absolute Gasteiger partial charge is 0.236 e. The third kappa shape index (κ3) is 3.69. The zero-order valence-corrected chi connectivity index (χ0v) is 11.8. The fraction of sp³-hybridized carbons (Fsp3) is 0.929. The maximum atomic E-state index is 12.2. The molecule has 0 aromatic carbocycles. The summed E-state index contributed by atoms with van der Waals surface area (Å²) in [6.45, 7) is 2.77. The largest absolute Gasteiger partial charge is 0.342 e. The summed E-state index contributed by atoms with van der Waals surface area (Å²) < 4.78 is 0. The molecule has 1 aliphatic heterocycles. The molecule has 1 amide bonds. The second-order valence-corrected chi connectivity index (χ2v) is 5.75. The molecule has 1 heterocycles. The Morgan fingerprint density at radius 3 is 2.78 bits per heavy atom. The third-order valence-electron chi connectivity index (χ3n) is 4.30. The average Bonchev–Trinajstić information content (AvgIpc) is 3.21. The van der Waals surface area contributed by atoms with E-state index in [1.165, 1.54) is 32.1 Å². The Labute approximate surface area is 111 Å². The van der Waals surface area contributed by atoms with Gasteiger partial charge in [0.05, 0.1) is 6.54 Å². The van der Waals surface area contributed by atoms with E-state index in [2.05, 4.69) is 10.2 Å². The van der Waals surface area contributed by atoms with Crippen LogP contribution in [0.2, 0.25) is 0 Å². The van der Waals surface area contributed by atoms with E-state index in [1.807, 2.05) is 19.0 Å². The third-order valence-corrected chi connectivity index (χ3v) is 4.30. The van der Waals surface area contributed by atoms with Gasteiger partial charge in [0.1, 0.15) is 0 Å². The summed E-state index contributed by atoms with van der Waals surface area (Å²) in [5.41, 5.74) is 0. The van der Waals surface area contributed by atoms with Gasteiger partial charge in [-0.2, -0.15) is 0 Å². The van der Waals surface area contributed by atoms with E-state index in [0.29, 0.717) is 24.5 Å². The monoisotopic (exact) mass is 253 g/mol. The molecule has 2 aliphatic rings. The minimum Gasteiger partial charge on any atom is -0.342 e. The van der Waals surface area contributed by atoms with Crippen molar-refractivity contribution in [1.29, 1.82) is 0 Å². The van der Waals surface area contributed by atoms with E-state index in [0.717, 1.165) is 19.5 Å². The van der Waals surface area contributed by atoms with E-state index < -0.39 is 0 Å². The summed E-state index contributed by atoms with van der Waals surface area (Å²) in [5, 5.41) is 3.22. The van der Waals surface area contributed by atoms with Crippen LogP contribution in [-0.2, 0) is 4.79 Å². The molecule has 4 nitrogen and oxygen atoms in total. The molecule has 0 radical (unpaired) electrons. The maximum Gasteiger partial charge on any atom is 0.236 e. The quantitative estimate of drug-likeness (QED) is 0.769. The predicted octanol–water partition coefficient (Wildman–Crippen LogP) is 1.07. The Morgan fingerprint density at radius 1 is 1.33 bits per heavy atom. The average molecular weight is 253 g/mol. The molecule has 1 unspecified atom stereocenters. The second-order valence-electron chi connectivity index (χ2n) is 5.75. The van der Waals surface area contributed by atoms with Crippen LogP contribution in [0.25, 0.3) is 0 Å². The zero-order valence-electron chi connectivity index (χ0n) is 11.8. The number of carbonyl (C=O) groups is 1. The molecule has 0 bridgehead atoms. The molecule has 2 rings (SSSR count). The van der Waals surface area contributed by atoms with Crippen LogP contribution in [0.4, 0.5) is 0 Å². The van der Waals surface area contributed by atoms with E-state index in [4.69, 9.17) is 0 Å². The molecule has 18 heavy (non-hydrogen) atoms. The molecular formula is C14H27N3O. The van der Waals surface area contributed by atoms with Gasteiger partial charge in [0, 0.05) is 19.1 Å². The van der Waals surface area contributed by atoms with Crippen LogP contribution in [0.15, 0.2) is 0 Å². The summed E-state index contributed by atoms with van der Waals surface area (Å²) in [4.78, 5) is 16.5. The first-order valence-electron chi connectivity index (χ1n) is 7.36. The van der Waals surface area contributed by atoms with Gasteiger partial charge < -0.3 is 10.2 Å². The molecule has 4 heteroatoms. The number of likely N-dealkylation sites (tertiary alicyclic amines) is 1. The minimum absolute atomic E-state index is 0.314. The molecular weight excluding hydrogens is 226 g/mol. The van der Waals surface area contributed by atoms with Gasteiger partial charge in [-0.15, -0.1) is 0 Å². The van der Waals surface area contributed by atoms with Crippen LogP contribution in [0.3, 0.4) is 0 Å². The molecule has 1 aliphatic carbocycles. The number of likely N-dealkylation sites (N-methyl/N-ethyl adjacent to an activating group) is 1. The molecule has 1 atom stereocenters. The van der Waals surface area contributed by atoms with Crippen molar-refractivity contribution in [3.05, 3.63) is 0 Å². The van der Waals surface area contributed by atoms with Crippen molar-refractivity contribution in [3.63, 3.8) is 0 Å². The van der Waals surface area contributed by atoms with Gasteiger partial charge in [-0.05, 0) is 52.2 Å². The molecule has 2 fully saturated rings. The highest BCUT2D eigenvalue weighted by molar-refractivity contribution is 5.78. The number of piperidine rings is 1. The number of carbonyl (C=O) groups excluding carboxylic acids is 1. The Morgan fingerprint density at radius 2 is 2.11 bits per heavy atom. The van der Waals surface area contributed by atoms with Gasteiger partial charge in [0.25, 0.3) is 0 Å². The zero-order chi connectivity index (χ0) is 13.0. The summed E-state index contributed by atoms with van der Waals surface area (Å²) in [7, 11) is 3.96. The summed E-state index contributed by atoms with van der Waals surface area (Å²) >= 11 is 0. The van der Waals surface area contributed by atoms with Gasteiger partial charge in [-0.1, -0.05) is 6.42 Å². The molecule has 1 saturated carbocycles. The normalized spacial score (nSPS) is 25.1. The number of rotatable bonds is 6. The maximum absolute atomic E-state index is 12.2. The van der Waals surface area contributed by atoms with E-state index in [1.54, 1.807) is 0 Å². The number of nitrogens with one attached hydrogen (secondary N) is 1. The highest BCUT2D eigenvalue weighted by atomic mass is 16.2. The minimum atomic E-state index is 0.314. The van der Waals surface area contributed by atoms with Crippen LogP contribution in [-0.4, -0.2) is 61.5 Å². The Balaban J connectivity index is 1.82. The second kappa shape index (κ2) is 6.53. The highest BCUT2D eigenvalue weighted by Gasteiger charge is 2.31. The number of hydrogen-bond acceptors (Lipinski definition) is 3. The van der Waals surface area contributed by atoms with Crippen LogP contribution in [0, 0.1) is 0 Å². The van der Waals surface area contributed by atoms with Crippen molar-refractivity contribution >= 4 is 5.91 Å². The molecule has 0 aromatic rings. The first-order chi connectivity index (χ1) is 8.72. The molecule has 1 N–H and O–H groups in total. The fourth-order valence-corrected chi connectivity index (χ4v) is 2.86. The summed E-state index contributed by atoms with van der Waals surface area (Å²) in [5.74, 6) is 0.314. The molecule has 0 spiro atoms. The predicted molar refractivity (Wildman–Crippen MR) is 73.5 cm³/mol. The lowest BCUT2D eigenvalue weighted by molar-refractivity contribution is -0.132. The molecule has 0 aromatic heterocycles.